The maximum absolute atomic E-state index is 13.0. The molecular weight excluding hydrogens is 516 g/mol. The summed E-state index contributed by atoms with van der Waals surface area (Å²) < 4.78 is 11.2. The lowest BCUT2D eigenvalue weighted by Crippen LogP contribution is -2.15. The molecule has 212 valence electrons. The summed E-state index contributed by atoms with van der Waals surface area (Å²) in [6, 6.07) is 26.9. The lowest BCUT2D eigenvalue weighted by Gasteiger charge is -2.13. The number of Topliss-reactive ketones (excluding diaryl/α,β-unsaturated/α-hetero) is 1. The van der Waals surface area contributed by atoms with Crippen LogP contribution in [0.2, 0.25) is 0 Å². The number of aromatic nitrogens is 1. The van der Waals surface area contributed by atoms with Crippen LogP contribution in [0.5, 0.6) is 11.5 Å². The Bertz CT molecular complexity index is 1470. The third kappa shape index (κ3) is 8.25. The third-order valence-electron chi connectivity index (χ3n) is 6.49. The second-order valence-corrected chi connectivity index (χ2v) is 9.52. The van der Waals surface area contributed by atoms with E-state index in [1.54, 1.807) is 18.2 Å². The molecular formula is C34H36N2O5. The molecule has 0 bridgehead atoms. The molecule has 0 saturated heterocycles. The number of aliphatic hydroxyl groups is 1. The molecule has 0 aliphatic heterocycles. The quantitative estimate of drug-likeness (QED) is 0.168. The third-order valence-corrected chi connectivity index (χ3v) is 6.49. The van der Waals surface area contributed by atoms with Gasteiger partial charge in [0.15, 0.2) is 17.3 Å². The van der Waals surface area contributed by atoms with Crippen molar-refractivity contribution in [2.24, 2.45) is 0 Å². The van der Waals surface area contributed by atoms with E-state index in [1.165, 1.54) is 0 Å². The molecule has 2 N–H and O–H groups in total. The molecule has 7 heteroatoms. The largest absolute Gasteiger partial charge is 0.490 e. The van der Waals surface area contributed by atoms with Crippen molar-refractivity contribution >= 4 is 17.5 Å². The van der Waals surface area contributed by atoms with Gasteiger partial charge in [0.2, 0.25) is 5.91 Å². The molecule has 4 rings (SSSR count). The van der Waals surface area contributed by atoms with Gasteiger partial charge in [0.05, 0.1) is 18.9 Å². The molecule has 41 heavy (non-hydrogen) atoms. The van der Waals surface area contributed by atoms with Gasteiger partial charge in [-0.3, -0.25) is 9.59 Å². The summed E-state index contributed by atoms with van der Waals surface area (Å²) in [7, 11) is 0. The predicted molar refractivity (Wildman–Crippen MR) is 161 cm³/mol. The molecule has 0 fully saturated rings. The zero-order chi connectivity index (χ0) is 29.0. The second kappa shape index (κ2) is 14.8. The van der Waals surface area contributed by atoms with Gasteiger partial charge in [-0.2, -0.15) is 0 Å². The first-order chi connectivity index (χ1) is 20.0. The van der Waals surface area contributed by atoms with E-state index in [-0.39, 0.29) is 31.1 Å². The Morgan fingerprint density at radius 3 is 2.29 bits per heavy atom. The summed E-state index contributed by atoms with van der Waals surface area (Å²) in [6.45, 7) is 4.84. The average Bonchev–Trinajstić information content (AvgIpc) is 3.00. The molecule has 3 aromatic carbocycles. The number of benzene rings is 3. The highest BCUT2D eigenvalue weighted by Crippen LogP contribution is 2.30. The van der Waals surface area contributed by atoms with Crippen molar-refractivity contribution < 1.29 is 24.2 Å². The van der Waals surface area contributed by atoms with Gasteiger partial charge < -0.3 is 19.9 Å². The summed E-state index contributed by atoms with van der Waals surface area (Å²) in [4.78, 5) is 30.6. The Kier molecular flexibility index (Phi) is 10.6. The highest BCUT2D eigenvalue weighted by atomic mass is 16.5. The fourth-order valence-electron chi connectivity index (χ4n) is 4.51. The lowest BCUT2D eigenvalue weighted by atomic mass is 9.99. The molecule has 1 amide bonds. The van der Waals surface area contributed by atoms with Crippen LogP contribution in [0.1, 0.15) is 49.0 Å². The van der Waals surface area contributed by atoms with E-state index in [2.05, 4.69) is 11.4 Å². The van der Waals surface area contributed by atoms with E-state index >= 15 is 0 Å². The Morgan fingerprint density at radius 1 is 0.780 bits per heavy atom. The molecule has 0 saturated carbocycles. The number of nitrogens with one attached hydrogen (secondary N) is 1. The zero-order valence-electron chi connectivity index (χ0n) is 23.6. The summed E-state index contributed by atoms with van der Waals surface area (Å²) in [5.41, 5.74) is 5.16. The molecule has 0 unspecified atom stereocenters. The van der Waals surface area contributed by atoms with Crippen molar-refractivity contribution in [3.8, 4) is 33.9 Å². The van der Waals surface area contributed by atoms with Gasteiger partial charge in [-0.1, -0.05) is 54.6 Å². The van der Waals surface area contributed by atoms with Crippen LogP contribution >= 0.6 is 0 Å². The normalized spacial score (nSPS) is 10.7. The van der Waals surface area contributed by atoms with E-state index in [4.69, 9.17) is 14.5 Å². The first kappa shape index (κ1) is 29.5. The molecule has 1 aromatic heterocycles. The second-order valence-electron chi connectivity index (χ2n) is 9.52. The Labute approximate surface area is 241 Å². The number of aliphatic hydroxyl groups excluding tert-OH is 1. The van der Waals surface area contributed by atoms with Crippen LogP contribution in [0.15, 0.2) is 84.9 Å². The van der Waals surface area contributed by atoms with Crippen LogP contribution in [0.3, 0.4) is 0 Å². The van der Waals surface area contributed by atoms with E-state index in [1.807, 2.05) is 74.5 Å². The maximum atomic E-state index is 13.0. The number of hydrogen-bond donors (Lipinski definition) is 2. The first-order valence-electron chi connectivity index (χ1n) is 14.0. The molecule has 0 spiro atoms. The van der Waals surface area contributed by atoms with Gasteiger partial charge in [-0.15, -0.1) is 0 Å². The molecule has 0 radical (unpaired) electrons. The fourth-order valence-corrected chi connectivity index (χ4v) is 4.51. The predicted octanol–water partition coefficient (Wildman–Crippen LogP) is 6.74. The van der Waals surface area contributed by atoms with Gasteiger partial charge >= 0.3 is 0 Å². The monoisotopic (exact) mass is 552 g/mol. The number of carbonyl (C=O) groups is 2. The summed E-state index contributed by atoms with van der Waals surface area (Å²) >= 11 is 0. The van der Waals surface area contributed by atoms with Crippen LogP contribution in [-0.4, -0.2) is 41.6 Å². The molecule has 0 aliphatic carbocycles. The van der Waals surface area contributed by atoms with Crippen molar-refractivity contribution in [1.29, 1.82) is 0 Å². The number of rotatable bonds is 14. The van der Waals surface area contributed by atoms with Crippen LogP contribution in [0, 0.1) is 0 Å². The Hall–Kier alpha value is -4.49. The van der Waals surface area contributed by atoms with Gasteiger partial charge in [0, 0.05) is 30.6 Å². The topological polar surface area (TPSA) is 97.8 Å². The van der Waals surface area contributed by atoms with Gasteiger partial charge in [-0.25, -0.2) is 4.98 Å². The number of nitrogens with zero attached hydrogens (tertiary/aromatic N) is 1. The number of ether oxygens (including phenoxy) is 2. The minimum absolute atomic E-state index is 0.0131. The number of anilines is 1. The van der Waals surface area contributed by atoms with Crippen molar-refractivity contribution in [2.75, 3.05) is 25.1 Å². The smallest absolute Gasteiger partial charge is 0.225 e. The molecule has 1 heterocycles. The molecule has 4 aromatic rings. The lowest BCUT2D eigenvalue weighted by molar-refractivity contribution is -0.116. The van der Waals surface area contributed by atoms with E-state index < -0.39 is 0 Å². The summed E-state index contributed by atoms with van der Waals surface area (Å²) in [5.74, 6) is 1.06. The first-order valence-corrected chi connectivity index (χ1v) is 14.0. The van der Waals surface area contributed by atoms with Crippen LogP contribution in [-0.2, 0) is 11.2 Å². The zero-order valence-corrected chi connectivity index (χ0v) is 23.6. The minimum atomic E-state index is -0.297. The fraction of sp³-hybridized carbons (Fsp3) is 0.265. The van der Waals surface area contributed by atoms with Crippen molar-refractivity contribution in [1.82, 2.24) is 4.98 Å². The van der Waals surface area contributed by atoms with Crippen LogP contribution in [0.25, 0.3) is 22.4 Å². The van der Waals surface area contributed by atoms with Crippen LogP contribution in [0.4, 0.5) is 5.82 Å². The summed E-state index contributed by atoms with van der Waals surface area (Å²) in [6.07, 6.45) is 1.53. The van der Waals surface area contributed by atoms with E-state index in [0.29, 0.717) is 42.5 Å². The van der Waals surface area contributed by atoms with Gasteiger partial charge in [-0.05, 0) is 73.7 Å². The molecule has 7 nitrogen and oxygen atoms in total. The van der Waals surface area contributed by atoms with Gasteiger partial charge in [0.1, 0.15) is 5.82 Å². The average molecular weight is 553 g/mol. The van der Waals surface area contributed by atoms with E-state index in [0.717, 1.165) is 34.4 Å². The minimum Gasteiger partial charge on any atom is -0.490 e. The highest BCUT2D eigenvalue weighted by molar-refractivity contribution is 6.00. The van der Waals surface area contributed by atoms with Crippen LogP contribution < -0.4 is 14.8 Å². The number of ketones is 1. The SMILES string of the molecule is CCOc1ccc(C(=O)CCC(=O)Nc2cc(-c3cccc(CCCO)c3)cc(-c3ccccc3)n2)cc1OCC. The van der Waals surface area contributed by atoms with E-state index in [9.17, 15) is 14.7 Å². The highest BCUT2D eigenvalue weighted by Gasteiger charge is 2.15. The number of pyridine rings is 1. The summed E-state index contributed by atoms with van der Waals surface area (Å²) in [5, 5.41) is 12.1. The number of carbonyl (C=O) groups excluding carboxylic acids is 2. The van der Waals surface area contributed by atoms with Crippen molar-refractivity contribution in [3.05, 3.63) is 96.1 Å². The Morgan fingerprint density at radius 2 is 1.54 bits per heavy atom. The van der Waals surface area contributed by atoms with Gasteiger partial charge in [0.25, 0.3) is 0 Å². The molecule has 0 aliphatic rings. The number of amides is 1. The number of hydrogen-bond acceptors (Lipinski definition) is 6. The maximum Gasteiger partial charge on any atom is 0.225 e. The molecule has 0 atom stereocenters. The number of aryl methyl sites for hydroxylation is 1. The standard InChI is InChI=1S/C34H36N2O5/c1-3-40-31-17-15-27(22-32(31)41-4-2)30(38)16-18-34(39)36-33-23-28(21-29(35-33)25-12-6-5-7-13-25)26-14-8-10-24(20-26)11-9-19-37/h5-8,10,12-15,17,20-23,37H,3-4,9,11,16,18-19H2,1-2H3,(H,35,36,39). The van der Waals surface area contributed by atoms with Crippen molar-refractivity contribution in [3.63, 3.8) is 0 Å². The Balaban J connectivity index is 1.51. The van der Waals surface area contributed by atoms with Crippen molar-refractivity contribution in [2.45, 2.75) is 39.5 Å².